The number of piperidine rings is 1. The smallest absolute Gasteiger partial charge is 0.328 e. The number of amides is 1. The molecule has 0 unspecified atom stereocenters. The van der Waals surface area contributed by atoms with Crippen molar-refractivity contribution in [1.29, 1.82) is 0 Å². The number of benzene rings is 2. The first-order chi connectivity index (χ1) is 15.0. The van der Waals surface area contributed by atoms with Gasteiger partial charge >= 0.3 is 5.69 Å². The number of nitrogens with zero attached hydrogens (tertiary/aromatic N) is 4. The van der Waals surface area contributed by atoms with Gasteiger partial charge in [0.15, 0.2) is 0 Å². The fourth-order valence-corrected chi connectivity index (χ4v) is 4.45. The summed E-state index contributed by atoms with van der Waals surface area (Å²) in [4.78, 5) is 29.6. The second-order valence-corrected chi connectivity index (χ2v) is 8.13. The van der Waals surface area contributed by atoms with E-state index in [-0.39, 0.29) is 18.1 Å². The molecule has 1 amide bonds. The summed E-state index contributed by atoms with van der Waals surface area (Å²) in [6.07, 6.45) is 3.55. The van der Waals surface area contributed by atoms with E-state index in [1.807, 2.05) is 43.3 Å². The first kappa shape index (κ1) is 21.0. The molecule has 1 aromatic heterocycles. The van der Waals surface area contributed by atoms with Crippen LogP contribution in [-0.4, -0.2) is 41.2 Å². The molecule has 1 aliphatic rings. The van der Waals surface area contributed by atoms with E-state index < -0.39 is 0 Å². The number of hydrogen-bond donors (Lipinski definition) is 1. The molecule has 1 aliphatic heterocycles. The lowest BCUT2D eigenvalue weighted by molar-refractivity contribution is -0.116. The van der Waals surface area contributed by atoms with Crippen molar-refractivity contribution in [3.63, 3.8) is 0 Å². The molecule has 2 heterocycles. The maximum atomic E-state index is 13.0. The van der Waals surface area contributed by atoms with E-state index in [0.29, 0.717) is 6.54 Å². The standard InChI is InChI=1S/C24H31N5O2/c1-4-29(18-11-7-5-8-12-18)23(30)17-25-19-15-21-22(27(3)24(31)26(21)2)16-20(19)28-13-9-6-10-14-28/h5,7-8,11-12,15-16,25H,4,6,9-10,13-14,17H2,1-3H3. The molecular weight excluding hydrogens is 390 g/mol. The van der Waals surface area contributed by atoms with Crippen LogP contribution < -0.4 is 20.8 Å². The highest BCUT2D eigenvalue weighted by Crippen LogP contribution is 2.33. The minimum atomic E-state index is -0.0472. The number of carbonyl (C=O) groups excluding carboxylic acids is 1. The van der Waals surface area contributed by atoms with Gasteiger partial charge in [0.2, 0.25) is 5.91 Å². The predicted octanol–water partition coefficient (Wildman–Crippen LogP) is 3.33. The Kier molecular flexibility index (Phi) is 6.02. The highest BCUT2D eigenvalue weighted by Gasteiger charge is 2.20. The van der Waals surface area contributed by atoms with Crippen LogP contribution in [0.15, 0.2) is 47.3 Å². The largest absolute Gasteiger partial charge is 0.374 e. The van der Waals surface area contributed by atoms with Crippen LogP contribution in [0, 0.1) is 0 Å². The molecule has 31 heavy (non-hydrogen) atoms. The summed E-state index contributed by atoms with van der Waals surface area (Å²) in [7, 11) is 3.59. The zero-order valence-corrected chi connectivity index (χ0v) is 18.6. The van der Waals surface area contributed by atoms with Crippen molar-refractivity contribution in [2.24, 2.45) is 14.1 Å². The average Bonchev–Trinajstić information content (AvgIpc) is 3.02. The number of carbonyl (C=O) groups is 1. The molecule has 4 rings (SSSR count). The summed E-state index contributed by atoms with van der Waals surface area (Å²) in [5, 5.41) is 3.39. The zero-order valence-electron chi connectivity index (χ0n) is 18.6. The number of fused-ring (bicyclic) bond motifs is 1. The fraction of sp³-hybridized carbons (Fsp3) is 0.417. The van der Waals surface area contributed by atoms with Crippen LogP contribution in [0.4, 0.5) is 17.1 Å². The number of aromatic nitrogens is 2. The van der Waals surface area contributed by atoms with E-state index in [1.54, 1.807) is 28.1 Å². The topological polar surface area (TPSA) is 62.5 Å². The highest BCUT2D eigenvalue weighted by molar-refractivity contribution is 5.97. The molecule has 164 valence electrons. The molecule has 7 nitrogen and oxygen atoms in total. The summed E-state index contributed by atoms with van der Waals surface area (Å²) < 4.78 is 3.34. The van der Waals surface area contributed by atoms with Gasteiger partial charge in [0, 0.05) is 39.4 Å². The van der Waals surface area contributed by atoms with Gasteiger partial charge in [0.25, 0.3) is 0 Å². The van der Waals surface area contributed by atoms with Crippen molar-refractivity contribution in [2.75, 3.05) is 41.3 Å². The highest BCUT2D eigenvalue weighted by atomic mass is 16.2. The number of anilines is 3. The van der Waals surface area contributed by atoms with Crippen molar-refractivity contribution < 1.29 is 4.79 Å². The van der Waals surface area contributed by atoms with Crippen LogP contribution in [0.25, 0.3) is 11.0 Å². The molecule has 0 saturated carbocycles. The van der Waals surface area contributed by atoms with Crippen molar-refractivity contribution in [3.8, 4) is 0 Å². The Bertz CT molecular complexity index is 1130. The van der Waals surface area contributed by atoms with Crippen LogP contribution in [0.3, 0.4) is 0 Å². The summed E-state index contributed by atoms with van der Waals surface area (Å²) >= 11 is 0. The molecule has 0 aliphatic carbocycles. The average molecular weight is 422 g/mol. The second kappa shape index (κ2) is 8.88. The maximum absolute atomic E-state index is 13.0. The van der Waals surface area contributed by atoms with Gasteiger partial charge in [-0.25, -0.2) is 4.79 Å². The van der Waals surface area contributed by atoms with Gasteiger partial charge in [-0.05, 0) is 50.5 Å². The molecule has 1 fully saturated rings. The number of nitrogens with one attached hydrogen (secondary N) is 1. The number of hydrogen-bond acceptors (Lipinski definition) is 4. The minimum Gasteiger partial charge on any atom is -0.374 e. The molecule has 0 bridgehead atoms. The first-order valence-electron chi connectivity index (χ1n) is 11.0. The Hall–Kier alpha value is -3.22. The molecular formula is C24H31N5O2. The molecule has 0 atom stereocenters. The van der Waals surface area contributed by atoms with Gasteiger partial charge < -0.3 is 15.1 Å². The van der Waals surface area contributed by atoms with Gasteiger partial charge in [-0.3, -0.25) is 13.9 Å². The van der Waals surface area contributed by atoms with Crippen molar-refractivity contribution in [2.45, 2.75) is 26.2 Å². The van der Waals surface area contributed by atoms with E-state index in [4.69, 9.17) is 0 Å². The first-order valence-corrected chi connectivity index (χ1v) is 11.0. The third kappa shape index (κ3) is 4.04. The van der Waals surface area contributed by atoms with E-state index >= 15 is 0 Å². The number of imidazole rings is 1. The van der Waals surface area contributed by atoms with Crippen LogP contribution in [0.5, 0.6) is 0 Å². The lowest BCUT2D eigenvalue weighted by Gasteiger charge is -2.31. The molecule has 2 aromatic carbocycles. The van der Waals surface area contributed by atoms with Gasteiger partial charge in [-0.15, -0.1) is 0 Å². The van der Waals surface area contributed by atoms with E-state index in [0.717, 1.165) is 54.0 Å². The van der Waals surface area contributed by atoms with Crippen LogP contribution >= 0.6 is 0 Å². The molecule has 0 spiro atoms. The summed E-state index contributed by atoms with van der Waals surface area (Å²) in [6.45, 7) is 4.75. The molecule has 7 heteroatoms. The van der Waals surface area contributed by atoms with Crippen molar-refractivity contribution in [3.05, 3.63) is 52.9 Å². The van der Waals surface area contributed by atoms with E-state index in [2.05, 4.69) is 16.3 Å². The summed E-state index contributed by atoms with van der Waals surface area (Å²) in [5.74, 6) is 0.0142. The summed E-state index contributed by atoms with van der Waals surface area (Å²) in [5.41, 5.74) is 4.57. The molecule has 0 radical (unpaired) electrons. The zero-order chi connectivity index (χ0) is 22.0. The van der Waals surface area contributed by atoms with E-state index in [1.165, 1.54) is 6.42 Å². The lowest BCUT2D eigenvalue weighted by Crippen LogP contribution is -2.36. The number of likely N-dealkylation sites (N-methyl/N-ethyl adjacent to an activating group) is 1. The Morgan fingerprint density at radius 1 is 1.00 bits per heavy atom. The maximum Gasteiger partial charge on any atom is 0.328 e. The second-order valence-electron chi connectivity index (χ2n) is 8.13. The Morgan fingerprint density at radius 3 is 2.29 bits per heavy atom. The monoisotopic (exact) mass is 421 g/mol. The van der Waals surface area contributed by atoms with Crippen LogP contribution in [0.1, 0.15) is 26.2 Å². The van der Waals surface area contributed by atoms with Gasteiger partial charge in [-0.2, -0.15) is 0 Å². The third-order valence-electron chi connectivity index (χ3n) is 6.20. The molecule has 3 aromatic rings. The van der Waals surface area contributed by atoms with Crippen LogP contribution in [0.2, 0.25) is 0 Å². The number of aryl methyl sites for hydroxylation is 2. The fourth-order valence-electron chi connectivity index (χ4n) is 4.45. The van der Waals surface area contributed by atoms with Gasteiger partial charge in [0.1, 0.15) is 0 Å². The Morgan fingerprint density at radius 2 is 1.65 bits per heavy atom. The third-order valence-corrected chi connectivity index (χ3v) is 6.20. The number of para-hydroxylation sites is 1. The summed E-state index contributed by atoms with van der Waals surface area (Å²) in [6, 6.07) is 13.8. The SMILES string of the molecule is CCN(C(=O)CNc1cc2c(cc1N1CCCCC1)n(C)c(=O)n2C)c1ccccc1. The van der Waals surface area contributed by atoms with Crippen molar-refractivity contribution >= 4 is 34.0 Å². The number of rotatable bonds is 6. The van der Waals surface area contributed by atoms with Gasteiger partial charge in [0.05, 0.1) is 29.0 Å². The Balaban J connectivity index is 1.66. The normalized spacial score (nSPS) is 14.1. The van der Waals surface area contributed by atoms with E-state index in [9.17, 15) is 9.59 Å². The van der Waals surface area contributed by atoms with Crippen LogP contribution in [-0.2, 0) is 18.9 Å². The minimum absolute atomic E-state index is 0.0142. The molecule has 1 saturated heterocycles. The van der Waals surface area contributed by atoms with Crippen molar-refractivity contribution in [1.82, 2.24) is 9.13 Å². The molecule has 1 N–H and O–H groups in total. The quantitative estimate of drug-likeness (QED) is 0.663. The predicted molar refractivity (Wildman–Crippen MR) is 127 cm³/mol. The Labute approximate surface area is 182 Å². The van der Waals surface area contributed by atoms with Gasteiger partial charge in [-0.1, -0.05) is 18.2 Å². The lowest BCUT2D eigenvalue weighted by atomic mass is 10.1.